The number of piperidine rings is 1. The second-order valence-electron chi connectivity index (χ2n) is 4.95. The van der Waals surface area contributed by atoms with Gasteiger partial charge in [0.2, 0.25) is 0 Å². The van der Waals surface area contributed by atoms with E-state index in [1.54, 1.807) is 0 Å². The largest absolute Gasteiger partial charge is 0.398 e. The van der Waals surface area contributed by atoms with Gasteiger partial charge in [-0.05, 0) is 25.0 Å². The van der Waals surface area contributed by atoms with E-state index in [0.29, 0.717) is 22.8 Å². The fraction of sp³-hybridized carbons (Fsp3) is 0.286. The molecule has 1 aromatic carbocycles. The molecule has 2 aliphatic rings. The second-order valence-corrected chi connectivity index (χ2v) is 5.39. The summed E-state index contributed by atoms with van der Waals surface area (Å²) in [6.45, 7) is 4.42. The maximum Gasteiger partial charge on any atom is 0.255 e. The molecule has 3 rings (SSSR count). The molecule has 2 aliphatic heterocycles. The van der Waals surface area contributed by atoms with Crippen molar-refractivity contribution in [3.63, 3.8) is 0 Å². The Bertz CT molecular complexity index is 596. The lowest BCUT2D eigenvalue weighted by molar-refractivity contribution is 0.0740. The number of hydrogen-bond donors (Lipinski definition) is 2. The van der Waals surface area contributed by atoms with E-state index >= 15 is 0 Å². The molecule has 5 heteroatoms. The number of benzene rings is 1. The van der Waals surface area contributed by atoms with E-state index in [1.165, 1.54) is 0 Å². The number of nitrogens with one attached hydrogen (secondary N) is 1. The van der Waals surface area contributed by atoms with Crippen LogP contribution in [0.1, 0.15) is 28.8 Å². The van der Waals surface area contributed by atoms with Crippen molar-refractivity contribution in [3.05, 3.63) is 41.6 Å². The minimum Gasteiger partial charge on any atom is -0.398 e. The van der Waals surface area contributed by atoms with Crippen molar-refractivity contribution < 1.29 is 4.79 Å². The Hall–Kier alpha value is -1.88. The smallest absolute Gasteiger partial charge is 0.255 e. The average molecular weight is 273 g/mol. The van der Waals surface area contributed by atoms with Crippen LogP contribution in [0.25, 0.3) is 0 Å². The highest BCUT2D eigenvalue weighted by Gasteiger charge is 2.36. The van der Waals surface area contributed by atoms with Gasteiger partial charge in [-0.25, -0.2) is 0 Å². The van der Waals surface area contributed by atoms with Gasteiger partial charge < -0.3 is 16.0 Å². The van der Waals surface area contributed by atoms with E-state index in [-0.39, 0.29) is 11.9 Å². The molecule has 3 N–H and O–H groups in total. The number of carbonyl (C=O) groups excluding carboxylic acids is 1. The molecule has 1 amide bonds. The van der Waals surface area contributed by atoms with Crippen LogP contribution in [0.4, 0.5) is 5.69 Å². The summed E-state index contributed by atoms with van der Waals surface area (Å²) in [6, 6.07) is 5.41. The first kappa shape index (κ1) is 12.2. The standard InChI is InChI=1S/C14H15N3OS/c1-8-5-6-12(13(19)16-8)17-7-10-9(14(17)18)3-2-4-11(10)15/h2-4,12H,1,5-7,15H2,(H,16,19). The Morgan fingerprint density at radius 1 is 1.47 bits per heavy atom. The number of fused-ring (bicyclic) bond motifs is 1. The second kappa shape index (κ2) is 4.35. The van der Waals surface area contributed by atoms with Crippen molar-refractivity contribution in [2.45, 2.75) is 25.4 Å². The highest BCUT2D eigenvalue weighted by Crippen LogP contribution is 2.31. The van der Waals surface area contributed by atoms with Gasteiger partial charge in [-0.15, -0.1) is 0 Å². The quantitative estimate of drug-likeness (QED) is 0.605. The molecule has 1 unspecified atom stereocenters. The summed E-state index contributed by atoms with van der Waals surface area (Å²) in [7, 11) is 0. The van der Waals surface area contributed by atoms with E-state index in [2.05, 4.69) is 11.9 Å². The Morgan fingerprint density at radius 3 is 2.95 bits per heavy atom. The number of nitrogens with zero attached hydrogens (tertiary/aromatic N) is 1. The summed E-state index contributed by atoms with van der Waals surface area (Å²) in [5, 5.41) is 3.08. The molecular weight excluding hydrogens is 258 g/mol. The SMILES string of the molecule is C=C1CCC(N2Cc3c(N)cccc3C2=O)C(=S)N1. The first-order chi connectivity index (χ1) is 9.08. The minimum atomic E-state index is -0.0557. The summed E-state index contributed by atoms with van der Waals surface area (Å²) in [4.78, 5) is 14.9. The van der Waals surface area contributed by atoms with Gasteiger partial charge in [-0.3, -0.25) is 4.79 Å². The number of thiocarbonyl (C=S) groups is 1. The number of nitrogens with two attached hydrogens (primary N) is 1. The first-order valence-corrected chi connectivity index (χ1v) is 6.65. The third-order valence-corrected chi connectivity index (χ3v) is 4.10. The predicted octanol–water partition coefficient (Wildman–Crippen LogP) is 1.82. The number of amides is 1. The Kier molecular flexibility index (Phi) is 2.78. The Balaban J connectivity index is 1.90. The maximum absolute atomic E-state index is 12.4. The summed E-state index contributed by atoms with van der Waals surface area (Å²) < 4.78 is 0. The molecule has 1 fully saturated rings. The summed E-state index contributed by atoms with van der Waals surface area (Å²) in [5.41, 5.74) is 9.15. The predicted molar refractivity (Wildman–Crippen MR) is 78.6 cm³/mol. The Morgan fingerprint density at radius 2 is 2.26 bits per heavy atom. The number of anilines is 1. The van der Waals surface area contributed by atoms with Crippen LogP contribution < -0.4 is 11.1 Å². The zero-order chi connectivity index (χ0) is 13.6. The van der Waals surface area contributed by atoms with Crippen LogP contribution in [0, 0.1) is 0 Å². The van der Waals surface area contributed by atoms with Crippen molar-refractivity contribution in [1.82, 2.24) is 10.2 Å². The maximum atomic E-state index is 12.4. The van der Waals surface area contributed by atoms with Crippen molar-refractivity contribution >= 4 is 28.8 Å². The Labute approximate surface area is 117 Å². The molecular formula is C14H15N3OS. The van der Waals surface area contributed by atoms with Gasteiger partial charge in [0.05, 0.1) is 6.04 Å². The average Bonchev–Trinajstić information content (AvgIpc) is 2.69. The van der Waals surface area contributed by atoms with Gasteiger partial charge in [-0.2, -0.15) is 0 Å². The molecule has 0 bridgehead atoms. The van der Waals surface area contributed by atoms with Crippen molar-refractivity contribution in [1.29, 1.82) is 0 Å². The van der Waals surface area contributed by atoms with Gasteiger partial charge in [0.1, 0.15) is 4.99 Å². The summed E-state index contributed by atoms with van der Waals surface area (Å²) >= 11 is 5.34. The van der Waals surface area contributed by atoms with Crippen LogP contribution in [0.5, 0.6) is 0 Å². The molecule has 0 aliphatic carbocycles. The van der Waals surface area contributed by atoms with Crippen LogP contribution in [-0.4, -0.2) is 21.8 Å². The van der Waals surface area contributed by atoms with E-state index in [9.17, 15) is 4.79 Å². The van der Waals surface area contributed by atoms with E-state index in [4.69, 9.17) is 18.0 Å². The highest BCUT2D eigenvalue weighted by molar-refractivity contribution is 7.80. The normalized spacial score (nSPS) is 22.4. The molecule has 0 radical (unpaired) electrons. The molecule has 98 valence electrons. The number of nitrogen functional groups attached to an aromatic ring is 1. The number of allylic oxidation sites excluding steroid dienone is 1. The number of rotatable bonds is 1. The van der Waals surface area contributed by atoms with E-state index in [0.717, 1.165) is 24.1 Å². The molecule has 0 saturated carbocycles. The van der Waals surface area contributed by atoms with Crippen LogP contribution >= 0.6 is 12.2 Å². The van der Waals surface area contributed by atoms with Gasteiger partial charge in [0.15, 0.2) is 0 Å². The van der Waals surface area contributed by atoms with Crippen LogP contribution in [0.3, 0.4) is 0 Å². The van der Waals surface area contributed by atoms with E-state index < -0.39 is 0 Å². The molecule has 1 saturated heterocycles. The number of carbonyl (C=O) groups is 1. The lowest BCUT2D eigenvalue weighted by atomic mass is 10.0. The molecule has 0 spiro atoms. The number of hydrogen-bond acceptors (Lipinski definition) is 3. The fourth-order valence-corrected chi connectivity index (χ4v) is 3.08. The molecule has 0 aromatic heterocycles. The van der Waals surface area contributed by atoms with Gasteiger partial charge in [0.25, 0.3) is 5.91 Å². The van der Waals surface area contributed by atoms with Gasteiger partial charge in [-0.1, -0.05) is 24.9 Å². The molecule has 4 nitrogen and oxygen atoms in total. The zero-order valence-electron chi connectivity index (χ0n) is 10.5. The topological polar surface area (TPSA) is 58.4 Å². The molecule has 1 aromatic rings. The molecule has 2 heterocycles. The van der Waals surface area contributed by atoms with Crippen LogP contribution in [0.2, 0.25) is 0 Å². The summed E-state index contributed by atoms with van der Waals surface area (Å²) in [5.74, 6) is 0.0176. The van der Waals surface area contributed by atoms with E-state index in [1.807, 2.05) is 23.1 Å². The van der Waals surface area contributed by atoms with Crippen molar-refractivity contribution in [2.75, 3.05) is 5.73 Å². The molecule has 1 atom stereocenters. The van der Waals surface area contributed by atoms with Crippen LogP contribution in [0.15, 0.2) is 30.5 Å². The third kappa shape index (κ3) is 1.90. The van der Waals surface area contributed by atoms with Crippen molar-refractivity contribution in [2.24, 2.45) is 0 Å². The fourth-order valence-electron chi connectivity index (χ4n) is 2.69. The lowest BCUT2D eigenvalue weighted by Gasteiger charge is -2.33. The minimum absolute atomic E-state index is 0.0176. The van der Waals surface area contributed by atoms with Gasteiger partial charge >= 0.3 is 0 Å². The zero-order valence-corrected chi connectivity index (χ0v) is 11.3. The van der Waals surface area contributed by atoms with Gasteiger partial charge in [0, 0.05) is 29.1 Å². The first-order valence-electron chi connectivity index (χ1n) is 6.25. The lowest BCUT2D eigenvalue weighted by Crippen LogP contribution is -2.48. The monoisotopic (exact) mass is 273 g/mol. The highest BCUT2D eigenvalue weighted by atomic mass is 32.1. The van der Waals surface area contributed by atoms with Crippen LogP contribution in [-0.2, 0) is 6.54 Å². The van der Waals surface area contributed by atoms with Crippen molar-refractivity contribution in [3.8, 4) is 0 Å². The molecule has 19 heavy (non-hydrogen) atoms. The summed E-state index contributed by atoms with van der Waals surface area (Å²) in [6.07, 6.45) is 1.66. The third-order valence-electron chi connectivity index (χ3n) is 3.73.